The van der Waals surface area contributed by atoms with Crippen molar-refractivity contribution in [2.24, 2.45) is 0 Å². The molecule has 4 aromatic rings. The van der Waals surface area contributed by atoms with Crippen molar-refractivity contribution in [1.29, 1.82) is 0 Å². The van der Waals surface area contributed by atoms with Gasteiger partial charge in [0.05, 0.1) is 13.2 Å². The van der Waals surface area contributed by atoms with Crippen molar-refractivity contribution in [2.75, 3.05) is 27.4 Å². The third kappa shape index (κ3) is 11.1. The topological polar surface area (TPSA) is 38.7 Å². The van der Waals surface area contributed by atoms with Gasteiger partial charge < -0.3 is 14.6 Å². The Morgan fingerprint density at radius 1 is 0.558 bits per heavy atom. The zero-order chi connectivity index (χ0) is 32.2. The van der Waals surface area contributed by atoms with Crippen molar-refractivity contribution in [3.63, 3.8) is 0 Å². The third-order valence-electron chi connectivity index (χ3n) is 8.33. The minimum atomic E-state index is -0.481. The van der Waals surface area contributed by atoms with Crippen molar-refractivity contribution in [3.8, 4) is 0 Å². The van der Waals surface area contributed by atoms with E-state index < -0.39 is 6.10 Å². The molecule has 0 aliphatic carbocycles. The summed E-state index contributed by atoms with van der Waals surface area (Å²) >= 11 is 0. The van der Waals surface area contributed by atoms with E-state index in [1.165, 1.54) is 55.6 Å². The van der Waals surface area contributed by atoms with Gasteiger partial charge in [-0.2, -0.15) is 0 Å². The molecule has 4 rings (SSSR count). The fourth-order valence-electron chi connectivity index (χ4n) is 4.76. The highest BCUT2D eigenvalue weighted by Gasteiger charge is 2.23. The highest BCUT2D eigenvalue weighted by molar-refractivity contribution is 5.43. The lowest BCUT2D eigenvalue weighted by Gasteiger charge is -2.27. The van der Waals surface area contributed by atoms with E-state index in [9.17, 15) is 0 Å². The molecule has 0 aliphatic heterocycles. The standard InChI is InChI=1S/C19H24.C16H18.C5H12O3/c1-13-7-9-17(11-15(13)3)19(5,6)18-10-8-14(2)16(4)12-18;1-12-4-8-15(9-5-12)14(3)16-10-6-13(2)7-11-16;1-7-3-5(6)4-8-2/h7-12H,1-6H3;4-11,14H,1-3H3;5-6H,3-4H2,1-2H3. The molecule has 0 amide bonds. The molecule has 0 radical (unpaired) electrons. The molecule has 0 aromatic heterocycles. The molecule has 0 saturated carbocycles. The molecule has 0 spiro atoms. The first-order valence-electron chi connectivity index (χ1n) is 15.2. The SMILES string of the molecule is COCC(O)COC.Cc1ccc(C(C)(C)c2ccc(C)c(C)c2)cc1C.Cc1ccc(C(C)c2ccc(C)cc2)cc1. The third-order valence-corrected chi connectivity index (χ3v) is 8.33. The minimum absolute atomic E-state index is 0.0525. The normalized spacial score (nSPS) is 11.1. The van der Waals surface area contributed by atoms with E-state index in [1.54, 1.807) is 14.2 Å². The molecule has 0 unspecified atom stereocenters. The van der Waals surface area contributed by atoms with Gasteiger partial charge in [0.1, 0.15) is 6.10 Å². The number of aliphatic hydroxyl groups excluding tert-OH is 1. The number of hydrogen-bond acceptors (Lipinski definition) is 3. The second kappa shape index (κ2) is 17.2. The summed E-state index contributed by atoms with van der Waals surface area (Å²) in [6.45, 7) is 20.5. The van der Waals surface area contributed by atoms with Crippen LogP contribution in [0.5, 0.6) is 0 Å². The molecule has 3 heteroatoms. The van der Waals surface area contributed by atoms with Gasteiger partial charge in [-0.15, -0.1) is 0 Å². The fourth-order valence-corrected chi connectivity index (χ4v) is 4.76. The average molecular weight is 583 g/mol. The van der Waals surface area contributed by atoms with Crippen LogP contribution in [0.4, 0.5) is 0 Å². The van der Waals surface area contributed by atoms with Crippen LogP contribution in [0.1, 0.15) is 82.3 Å². The van der Waals surface area contributed by atoms with E-state index in [-0.39, 0.29) is 5.41 Å². The zero-order valence-electron chi connectivity index (χ0n) is 28.4. The number of ether oxygens (including phenoxy) is 2. The first-order chi connectivity index (χ1) is 20.3. The van der Waals surface area contributed by atoms with Crippen LogP contribution in [0, 0.1) is 41.5 Å². The Morgan fingerprint density at radius 2 is 0.907 bits per heavy atom. The van der Waals surface area contributed by atoms with Crippen molar-refractivity contribution in [2.45, 2.75) is 79.8 Å². The highest BCUT2D eigenvalue weighted by Crippen LogP contribution is 2.33. The van der Waals surface area contributed by atoms with E-state index in [0.29, 0.717) is 19.1 Å². The monoisotopic (exact) mass is 582 g/mol. The predicted molar refractivity (Wildman–Crippen MR) is 184 cm³/mol. The Morgan fingerprint density at radius 3 is 1.21 bits per heavy atom. The summed E-state index contributed by atoms with van der Waals surface area (Å²) < 4.78 is 9.25. The molecule has 0 saturated heterocycles. The van der Waals surface area contributed by atoms with E-state index in [1.807, 2.05) is 0 Å². The summed E-state index contributed by atoms with van der Waals surface area (Å²) in [4.78, 5) is 0. The molecule has 1 N–H and O–H groups in total. The van der Waals surface area contributed by atoms with E-state index in [4.69, 9.17) is 5.11 Å². The molecule has 0 aliphatic rings. The van der Waals surface area contributed by atoms with Crippen LogP contribution in [-0.2, 0) is 14.9 Å². The van der Waals surface area contributed by atoms with Gasteiger partial charge in [0.25, 0.3) is 0 Å². The van der Waals surface area contributed by atoms with Crippen LogP contribution in [-0.4, -0.2) is 38.6 Å². The second-order valence-corrected chi connectivity index (χ2v) is 12.3. The zero-order valence-corrected chi connectivity index (χ0v) is 28.4. The van der Waals surface area contributed by atoms with Gasteiger partial charge in [-0.25, -0.2) is 0 Å². The van der Waals surface area contributed by atoms with Crippen LogP contribution >= 0.6 is 0 Å². The van der Waals surface area contributed by atoms with Crippen molar-refractivity contribution in [1.82, 2.24) is 0 Å². The average Bonchev–Trinajstić information content (AvgIpc) is 2.97. The molecular formula is C40H54O3. The van der Waals surface area contributed by atoms with Crippen LogP contribution in [0.2, 0.25) is 0 Å². The number of aryl methyl sites for hydroxylation is 6. The molecule has 232 valence electrons. The Balaban J connectivity index is 0.000000244. The number of hydrogen-bond donors (Lipinski definition) is 1. The molecule has 0 atom stereocenters. The summed E-state index contributed by atoms with van der Waals surface area (Å²) in [7, 11) is 3.08. The van der Waals surface area contributed by atoms with E-state index >= 15 is 0 Å². The first kappa shape index (κ1) is 36.0. The van der Waals surface area contributed by atoms with Crippen LogP contribution in [0.3, 0.4) is 0 Å². The molecule has 3 nitrogen and oxygen atoms in total. The molecule has 4 aromatic carbocycles. The first-order valence-corrected chi connectivity index (χ1v) is 15.2. The highest BCUT2D eigenvalue weighted by atomic mass is 16.5. The summed E-state index contributed by atoms with van der Waals surface area (Å²) in [5, 5.41) is 8.80. The Bertz CT molecular complexity index is 1280. The fraction of sp³-hybridized carbons (Fsp3) is 0.400. The van der Waals surface area contributed by atoms with E-state index in [2.05, 4.69) is 157 Å². The maximum atomic E-state index is 8.80. The van der Waals surface area contributed by atoms with Gasteiger partial charge in [-0.3, -0.25) is 0 Å². The minimum Gasteiger partial charge on any atom is -0.388 e. The molecular weight excluding hydrogens is 528 g/mol. The van der Waals surface area contributed by atoms with Crippen LogP contribution in [0.25, 0.3) is 0 Å². The van der Waals surface area contributed by atoms with Gasteiger partial charge in [0.15, 0.2) is 0 Å². The summed E-state index contributed by atoms with van der Waals surface area (Å²) in [6.07, 6.45) is -0.481. The van der Waals surface area contributed by atoms with Crippen LogP contribution < -0.4 is 0 Å². The number of rotatable bonds is 8. The summed E-state index contributed by atoms with van der Waals surface area (Å²) in [5.74, 6) is 0.473. The lowest BCUT2D eigenvalue weighted by molar-refractivity contribution is 0.00980. The Kier molecular flexibility index (Phi) is 14.3. The van der Waals surface area contributed by atoms with Crippen molar-refractivity contribution in [3.05, 3.63) is 141 Å². The van der Waals surface area contributed by atoms with Gasteiger partial charge in [0, 0.05) is 25.6 Å². The van der Waals surface area contributed by atoms with Gasteiger partial charge >= 0.3 is 0 Å². The largest absolute Gasteiger partial charge is 0.388 e. The number of methoxy groups -OCH3 is 2. The summed E-state index contributed by atoms with van der Waals surface area (Å²) in [6, 6.07) is 31.2. The van der Waals surface area contributed by atoms with Gasteiger partial charge in [0.2, 0.25) is 0 Å². The van der Waals surface area contributed by atoms with Gasteiger partial charge in [-0.05, 0) is 86.1 Å². The number of benzene rings is 4. The number of aliphatic hydroxyl groups is 1. The van der Waals surface area contributed by atoms with Crippen molar-refractivity contribution >= 4 is 0 Å². The smallest absolute Gasteiger partial charge is 0.101 e. The van der Waals surface area contributed by atoms with Crippen molar-refractivity contribution < 1.29 is 14.6 Å². The Hall–Kier alpha value is -3.24. The maximum Gasteiger partial charge on any atom is 0.101 e. The lowest BCUT2D eigenvalue weighted by Crippen LogP contribution is -2.19. The van der Waals surface area contributed by atoms with Gasteiger partial charge in [-0.1, -0.05) is 117 Å². The maximum absolute atomic E-state index is 8.80. The Labute approximate surface area is 261 Å². The molecule has 0 bridgehead atoms. The second-order valence-electron chi connectivity index (χ2n) is 12.3. The molecule has 43 heavy (non-hydrogen) atoms. The van der Waals surface area contributed by atoms with Crippen LogP contribution in [0.15, 0.2) is 84.9 Å². The molecule has 0 fully saturated rings. The lowest BCUT2D eigenvalue weighted by atomic mass is 9.76. The molecule has 0 heterocycles. The quantitative estimate of drug-likeness (QED) is 0.225. The van der Waals surface area contributed by atoms with E-state index in [0.717, 1.165) is 0 Å². The summed E-state index contributed by atoms with van der Waals surface area (Å²) in [5.41, 5.74) is 13.7. The predicted octanol–water partition coefficient (Wildman–Crippen LogP) is 9.34.